The lowest BCUT2D eigenvalue weighted by Crippen LogP contribution is -2.39. The van der Waals surface area contributed by atoms with Gasteiger partial charge in [-0.15, -0.1) is 0 Å². The van der Waals surface area contributed by atoms with Gasteiger partial charge in [0.1, 0.15) is 17.7 Å². The van der Waals surface area contributed by atoms with Crippen LogP contribution in [0.1, 0.15) is 24.2 Å². The lowest BCUT2D eigenvalue weighted by atomic mass is 10.0. The first kappa shape index (κ1) is 20.6. The third kappa shape index (κ3) is 4.21. The SMILES string of the molecule is Cc1cccc2cc(C(C)Nc3ncnc4nc[nH]c34)nc(NCCN3CCOCC3)c12. The number of hydrogen-bond acceptors (Lipinski definition) is 8. The summed E-state index contributed by atoms with van der Waals surface area (Å²) in [6, 6.07) is 8.47. The molecule has 0 aliphatic carbocycles. The van der Waals surface area contributed by atoms with Crippen LogP contribution in [0.2, 0.25) is 0 Å². The Morgan fingerprint density at radius 2 is 2.03 bits per heavy atom. The molecule has 1 fully saturated rings. The van der Waals surface area contributed by atoms with E-state index in [2.05, 4.69) is 73.6 Å². The summed E-state index contributed by atoms with van der Waals surface area (Å²) in [7, 11) is 0. The Morgan fingerprint density at radius 1 is 1.16 bits per heavy atom. The van der Waals surface area contributed by atoms with Crippen LogP contribution in [0.3, 0.4) is 0 Å². The van der Waals surface area contributed by atoms with Gasteiger partial charge >= 0.3 is 0 Å². The van der Waals surface area contributed by atoms with Gasteiger partial charge in [0.25, 0.3) is 0 Å². The fourth-order valence-electron chi connectivity index (χ4n) is 4.17. The van der Waals surface area contributed by atoms with Crippen molar-refractivity contribution in [2.75, 3.05) is 50.0 Å². The molecule has 0 amide bonds. The maximum absolute atomic E-state index is 5.45. The van der Waals surface area contributed by atoms with Crippen molar-refractivity contribution in [3.63, 3.8) is 0 Å². The average Bonchev–Trinajstić information content (AvgIpc) is 3.30. The molecule has 3 N–H and O–H groups in total. The van der Waals surface area contributed by atoms with Crippen molar-refractivity contribution >= 4 is 33.6 Å². The molecule has 0 spiro atoms. The number of rotatable bonds is 7. The van der Waals surface area contributed by atoms with Gasteiger partial charge in [-0.1, -0.05) is 18.2 Å². The molecule has 0 saturated carbocycles. The van der Waals surface area contributed by atoms with E-state index in [9.17, 15) is 0 Å². The zero-order valence-electron chi connectivity index (χ0n) is 18.4. The van der Waals surface area contributed by atoms with Crippen LogP contribution in [-0.4, -0.2) is 69.2 Å². The number of nitrogens with zero attached hydrogens (tertiary/aromatic N) is 5. The topological polar surface area (TPSA) is 104 Å². The van der Waals surface area contributed by atoms with Gasteiger partial charge in [0.05, 0.1) is 31.3 Å². The molecule has 3 aromatic heterocycles. The van der Waals surface area contributed by atoms with Gasteiger partial charge in [-0.3, -0.25) is 4.90 Å². The second kappa shape index (κ2) is 9.05. The zero-order valence-corrected chi connectivity index (χ0v) is 18.4. The van der Waals surface area contributed by atoms with Gasteiger partial charge in [0.2, 0.25) is 0 Å². The van der Waals surface area contributed by atoms with Crippen LogP contribution < -0.4 is 10.6 Å². The smallest absolute Gasteiger partial charge is 0.182 e. The number of aryl methyl sites for hydroxylation is 1. The molecule has 9 heteroatoms. The Morgan fingerprint density at radius 3 is 2.91 bits per heavy atom. The van der Waals surface area contributed by atoms with E-state index < -0.39 is 0 Å². The number of imidazole rings is 1. The molecule has 1 saturated heterocycles. The van der Waals surface area contributed by atoms with E-state index in [1.54, 1.807) is 6.33 Å². The first-order valence-corrected chi connectivity index (χ1v) is 11.0. The third-order valence-corrected chi connectivity index (χ3v) is 5.93. The summed E-state index contributed by atoms with van der Waals surface area (Å²) in [6.07, 6.45) is 3.15. The first-order valence-electron chi connectivity index (χ1n) is 11.0. The maximum atomic E-state index is 5.45. The van der Waals surface area contributed by atoms with Crippen LogP contribution in [0.15, 0.2) is 36.9 Å². The Kier molecular flexibility index (Phi) is 5.83. The summed E-state index contributed by atoms with van der Waals surface area (Å²) in [5.41, 5.74) is 3.59. The van der Waals surface area contributed by atoms with Gasteiger partial charge < -0.3 is 20.4 Å². The van der Waals surface area contributed by atoms with Crippen molar-refractivity contribution < 1.29 is 4.74 Å². The molecule has 9 nitrogen and oxygen atoms in total. The Bertz CT molecular complexity index is 1220. The second-order valence-electron chi connectivity index (χ2n) is 8.14. The van der Waals surface area contributed by atoms with Crippen LogP contribution in [0.4, 0.5) is 11.6 Å². The van der Waals surface area contributed by atoms with Crippen molar-refractivity contribution in [1.82, 2.24) is 29.8 Å². The minimum absolute atomic E-state index is 0.0545. The van der Waals surface area contributed by atoms with E-state index in [-0.39, 0.29) is 6.04 Å². The van der Waals surface area contributed by atoms with Crippen LogP contribution in [-0.2, 0) is 4.74 Å². The average molecular weight is 433 g/mol. The van der Waals surface area contributed by atoms with E-state index in [1.165, 1.54) is 22.7 Å². The van der Waals surface area contributed by atoms with E-state index in [1.807, 2.05) is 0 Å². The molecule has 166 valence electrons. The van der Waals surface area contributed by atoms with Crippen molar-refractivity contribution in [3.8, 4) is 0 Å². The molecule has 1 aromatic carbocycles. The van der Waals surface area contributed by atoms with Crippen LogP contribution in [0.25, 0.3) is 21.9 Å². The highest BCUT2D eigenvalue weighted by Crippen LogP contribution is 2.29. The number of fused-ring (bicyclic) bond motifs is 2. The molecule has 4 aromatic rings. The van der Waals surface area contributed by atoms with E-state index in [0.29, 0.717) is 11.5 Å². The van der Waals surface area contributed by atoms with Gasteiger partial charge in [-0.25, -0.2) is 19.9 Å². The molecule has 1 atom stereocenters. The summed E-state index contributed by atoms with van der Waals surface area (Å²) < 4.78 is 5.45. The molecular weight excluding hydrogens is 404 g/mol. The lowest BCUT2D eigenvalue weighted by Gasteiger charge is -2.26. The number of aromatic nitrogens is 5. The summed E-state index contributed by atoms with van der Waals surface area (Å²) >= 11 is 0. The summed E-state index contributed by atoms with van der Waals surface area (Å²) in [6.45, 7) is 9.61. The highest BCUT2D eigenvalue weighted by Gasteiger charge is 2.16. The summed E-state index contributed by atoms with van der Waals surface area (Å²) in [5.74, 6) is 1.64. The summed E-state index contributed by atoms with van der Waals surface area (Å²) in [4.78, 5) is 23.3. The Labute approximate surface area is 186 Å². The van der Waals surface area contributed by atoms with Crippen molar-refractivity contribution in [2.45, 2.75) is 19.9 Å². The molecule has 1 unspecified atom stereocenters. The van der Waals surface area contributed by atoms with Crippen LogP contribution in [0, 0.1) is 6.92 Å². The number of hydrogen-bond donors (Lipinski definition) is 3. The lowest BCUT2D eigenvalue weighted by molar-refractivity contribution is 0.0398. The predicted octanol–water partition coefficient (Wildman–Crippen LogP) is 3.13. The largest absolute Gasteiger partial charge is 0.379 e. The quantitative estimate of drug-likeness (QED) is 0.409. The van der Waals surface area contributed by atoms with Gasteiger partial charge in [0, 0.05) is 31.6 Å². The molecule has 0 radical (unpaired) electrons. The minimum atomic E-state index is -0.0545. The number of H-pyrrole nitrogens is 1. The van der Waals surface area contributed by atoms with Crippen LogP contribution >= 0.6 is 0 Å². The fourth-order valence-corrected chi connectivity index (χ4v) is 4.17. The van der Waals surface area contributed by atoms with Gasteiger partial charge in [-0.05, 0) is 30.9 Å². The van der Waals surface area contributed by atoms with E-state index in [4.69, 9.17) is 9.72 Å². The number of pyridine rings is 1. The standard InChI is InChI=1S/C23H28N8O/c1-15-4-3-5-17-12-18(16(2)29-23-20-22(26-13-25-20)27-14-28-23)30-21(19(15)17)24-6-7-31-8-10-32-11-9-31/h3-5,12-14,16H,6-11H2,1-2H3,(H,24,30)(H2,25,26,27,28,29). The Hall–Kier alpha value is -3.30. The van der Waals surface area contributed by atoms with Crippen molar-refractivity contribution in [2.24, 2.45) is 0 Å². The molecule has 0 bridgehead atoms. The molecule has 4 heterocycles. The molecular formula is C23H28N8O. The van der Waals surface area contributed by atoms with Gasteiger partial charge in [-0.2, -0.15) is 0 Å². The second-order valence-corrected chi connectivity index (χ2v) is 8.14. The maximum Gasteiger partial charge on any atom is 0.182 e. The van der Waals surface area contributed by atoms with Crippen molar-refractivity contribution in [1.29, 1.82) is 0 Å². The number of morpholine rings is 1. The monoisotopic (exact) mass is 432 g/mol. The van der Waals surface area contributed by atoms with Gasteiger partial charge in [0.15, 0.2) is 11.5 Å². The minimum Gasteiger partial charge on any atom is -0.379 e. The fraction of sp³-hybridized carbons (Fsp3) is 0.391. The highest BCUT2D eigenvalue weighted by atomic mass is 16.5. The normalized spacial score (nSPS) is 15.8. The number of benzene rings is 1. The molecule has 1 aliphatic heterocycles. The van der Waals surface area contributed by atoms with Crippen LogP contribution in [0.5, 0.6) is 0 Å². The Balaban J connectivity index is 1.40. The molecule has 1 aliphatic rings. The molecule has 32 heavy (non-hydrogen) atoms. The number of anilines is 2. The predicted molar refractivity (Wildman–Crippen MR) is 126 cm³/mol. The molecule has 5 rings (SSSR count). The zero-order chi connectivity index (χ0) is 21.9. The number of ether oxygens (including phenoxy) is 1. The van der Waals surface area contributed by atoms with E-state index >= 15 is 0 Å². The first-order chi connectivity index (χ1) is 15.7. The number of aromatic amines is 1. The number of nitrogens with one attached hydrogen (secondary N) is 3. The van der Waals surface area contributed by atoms with Crippen molar-refractivity contribution in [3.05, 3.63) is 48.2 Å². The summed E-state index contributed by atoms with van der Waals surface area (Å²) in [5, 5.41) is 9.41. The van der Waals surface area contributed by atoms with E-state index in [0.717, 1.165) is 56.4 Å². The third-order valence-electron chi connectivity index (χ3n) is 5.93. The highest BCUT2D eigenvalue weighted by molar-refractivity contribution is 5.95.